The molecular formula is C99H193N3O10. The standard InChI is InChI=1S/C17H34O3.2C16H28O.C13H26O.C13H22O.C12H28N2O.C12H27NO2/c1-16(2,3)9-7-10-19-12-13-20-11-8-15(18)14-17(4,5)6;2*1-15(2,3)12-8-7-10-14(17)11-9-13-16(4,5)6;2*1-12(2,3)9-7-8-11(14)10-13(4,5)6;1-11(2,3)13-7-9-15-10-8-14-12(4,5)6;1-11(2,3)13-7-8-14-9-10-15-12(4,5)6/h7-14H2,1-6H3;2*7,9-11,13H2,1-6H3;7-10H2,1-6H3;8,10H2,1-6H3;13-14H,7-10H2,1-6H3;13H,7-10H2,1-6H3. The second-order valence-corrected chi connectivity index (χ2v) is 46.3. The van der Waals surface area contributed by atoms with Gasteiger partial charge < -0.3 is 39.6 Å². The lowest BCUT2D eigenvalue weighted by atomic mass is 9.86. The molecule has 0 saturated heterocycles. The van der Waals surface area contributed by atoms with Gasteiger partial charge in [0.1, 0.15) is 28.9 Å². The summed E-state index contributed by atoms with van der Waals surface area (Å²) < 4.78 is 27.4. The van der Waals surface area contributed by atoms with Gasteiger partial charge in [-0.15, -0.1) is 11.8 Å². The third-order valence-electron chi connectivity index (χ3n) is 14.6. The lowest BCUT2D eigenvalue weighted by Crippen LogP contribution is -2.39. The van der Waals surface area contributed by atoms with Crippen molar-refractivity contribution in [2.75, 3.05) is 79.1 Å². The zero-order valence-corrected chi connectivity index (χ0v) is 82.7. The van der Waals surface area contributed by atoms with Crippen molar-refractivity contribution < 1.29 is 47.7 Å². The summed E-state index contributed by atoms with van der Waals surface area (Å²) in [5.41, 5.74) is 2.32. The number of ether oxygens (including phenoxy) is 5. The third kappa shape index (κ3) is 139. The molecule has 0 atom stereocenters. The average Bonchev–Trinajstić information content (AvgIpc) is 0.936. The minimum absolute atomic E-state index is 0.00200. The van der Waals surface area contributed by atoms with Gasteiger partial charge in [0.2, 0.25) is 0 Å². The van der Waals surface area contributed by atoms with Crippen LogP contribution in [0.5, 0.6) is 0 Å². The monoisotopic (exact) mass is 1580 g/mol. The van der Waals surface area contributed by atoms with Crippen molar-refractivity contribution >= 4 is 28.9 Å². The maximum Gasteiger partial charge on any atom is 0.145 e. The first-order chi connectivity index (χ1) is 49.9. The molecule has 0 spiro atoms. The van der Waals surface area contributed by atoms with Crippen LogP contribution in [0.15, 0.2) is 0 Å². The number of carbonyl (C=O) groups is 5. The molecule has 0 fully saturated rings. The molecule has 0 aromatic heterocycles. The molecular weight excluding hydrogens is 1390 g/mol. The van der Waals surface area contributed by atoms with Crippen molar-refractivity contribution in [2.24, 2.45) is 54.1 Å². The van der Waals surface area contributed by atoms with Gasteiger partial charge in [0.25, 0.3) is 0 Å². The summed E-state index contributed by atoms with van der Waals surface area (Å²) in [6, 6.07) is 0. The van der Waals surface area contributed by atoms with Crippen molar-refractivity contribution in [3.05, 3.63) is 0 Å². The minimum atomic E-state index is -0.0625. The Morgan fingerprint density at radius 3 is 0.804 bits per heavy atom. The van der Waals surface area contributed by atoms with Gasteiger partial charge in [0.05, 0.1) is 64.9 Å². The summed E-state index contributed by atoms with van der Waals surface area (Å²) in [4.78, 5) is 57.8. The molecule has 3 N–H and O–H groups in total. The number of hydrogen-bond donors (Lipinski definition) is 3. The fourth-order valence-electron chi connectivity index (χ4n) is 9.50. The van der Waals surface area contributed by atoms with Crippen molar-refractivity contribution in [3.8, 4) is 35.5 Å². The van der Waals surface area contributed by atoms with E-state index in [1.54, 1.807) is 0 Å². The van der Waals surface area contributed by atoms with E-state index in [9.17, 15) is 24.0 Å². The largest absolute Gasteiger partial charge is 0.379 e. The number of rotatable bonds is 38. The van der Waals surface area contributed by atoms with Crippen LogP contribution < -0.4 is 16.0 Å². The van der Waals surface area contributed by atoms with E-state index in [0.717, 1.165) is 104 Å². The molecule has 0 saturated carbocycles. The van der Waals surface area contributed by atoms with Gasteiger partial charge in [0.15, 0.2) is 0 Å². The first kappa shape index (κ1) is 122. The maximum atomic E-state index is 11.6. The topological polar surface area (TPSA) is 168 Å². The van der Waals surface area contributed by atoms with Crippen LogP contribution in [0.3, 0.4) is 0 Å². The Morgan fingerprint density at radius 2 is 0.509 bits per heavy atom. The van der Waals surface area contributed by atoms with E-state index in [1.165, 1.54) is 6.42 Å². The first-order valence-electron chi connectivity index (χ1n) is 43.2. The maximum absolute atomic E-state index is 11.6. The highest BCUT2D eigenvalue weighted by atomic mass is 16.5. The fourth-order valence-corrected chi connectivity index (χ4v) is 9.50. The molecule has 664 valence electrons. The predicted molar refractivity (Wildman–Crippen MR) is 488 cm³/mol. The smallest absolute Gasteiger partial charge is 0.145 e. The predicted octanol–water partition coefficient (Wildman–Crippen LogP) is 25.1. The highest BCUT2D eigenvalue weighted by Gasteiger charge is 2.21. The SMILES string of the molecule is CC(C)(C)C#CCC(=O)CC(C)(C)C.CC(C)(C)C#CCCC(=O)CCCC(C)(C)C.CC(C)(C)C#CCCC(=O)CCCC(C)(C)C.CC(C)(C)CCCC(=O)CC(C)(C)C.CC(C)(C)CCCOCCOCCC(=O)CC(C)(C)C.CC(C)(C)NCCOCCNC(C)(C)C.CC(C)(C)NCCOCCOC(C)(C)C. The van der Waals surface area contributed by atoms with Gasteiger partial charge in [0, 0.05) is 130 Å². The number of nitrogens with one attached hydrogen (secondary N) is 3. The van der Waals surface area contributed by atoms with Gasteiger partial charge in [-0.3, -0.25) is 24.0 Å². The molecule has 13 nitrogen and oxygen atoms in total. The van der Waals surface area contributed by atoms with Gasteiger partial charge in [-0.25, -0.2) is 0 Å². The molecule has 0 radical (unpaired) electrons. The van der Waals surface area contributed by atoms with E-state index < -0.39 is 0 Å². The van der Waals surface area contributed by atoms with Crippen LogP contribution in [-0.4, -0.2) is 130 Å². The molecule has 112 heavy (non-hydrogen) atoms. The third-order valence-corrected chi connectivity index (χ3v) is 14.6. The average molecular weight is 1590 g/mol. The van der Waals surface area contributed by atoms with Gasteiger partial charge >= 0.3 is 0 Å². The highest BCUT2D eigenvalue weighted by molar-refractivity contribution is 5.81. The summed E-state index contributed by atoms with van der Waals surface area (Å²) in [5, 5.41) is 10.1. The number of Topliss-reactive ketones (excluding diaryl/α,β-unsaturated/α-hetero) is 5. The van der Waals surface area contributed by atoms with Crippen molar-refractivity contribution in [3.63, 3.8) is 0 Å². The van der Waals surface area contributed by atoms with Crippen LogP contribution in [0.2, 0.25) is 0 Å². The first-order valence-corrected chi connectivity index (χ1v) is 43.2. The van der Waals surface area contributed by atoms with Crippen LogP contribution in [0.4, 0.5) is 0 Å². The van der Waals surface area contributed by atoms with Crippen LogP contribution in [-0.2, 0) is 47.7 Å². The van der Waals surface area contributed by atoms with Crippen molar-refractivity contribution in [1.29, 1.82) is 0 Å². The van der Waals surface area contributed by atoms with Crippen molar-refractivity contribution in [1.82, 2.24) is 16.0 Å². The molecule has 0 aromatic rings. The second-order valence-electron chi connectivity index (χ2n) is 46.3. The molecule has 0 aliphatic rings. The Balaban J connectivity index is -0.000000230. The minimum Gasteiger partial charge on any atom is -0.379 e. The molecule has 0 rings (SSSR count). The molecule has 0 aliphatic carbocycles. The normalized spacial score (nSPS) is 12.5. The lowest BCUT2D eigenvalue weighted by Gasteiger charge is -2.21. The number of ketones is 5. The van der Waals surface area contributed by atoms with Crippen LogP contribution in [0.25, 0.3) is 0 Å². The van der Waals surface area contributed by atoms with Gasteiger partial charge in [-0.2, -0.15) is 0 Å². The summed E-state index contributed by atoms with van der Waals surface area (Å²) in [5.74, 6) is 20.2. The molecule has 0 bridgehead atoms. The van der Waals surface area contributed by atoms with E-state index in [0.29, 0.717) is 136 Å². The van der Waals surface area contributed by atoms with Crippen LogP contribution in [0, 0.1) is 89.7 Å². The van der Waals surface area contributed by atoms with E-state index >= 15 is 0 Å². The van der Waals surface area contributed by atoms with E-state index in [2.05, 4.69) is 301 Å². The van der Waals surface area contributed by atoms with Gasteiger partial charge in [-0.05, 0) is 235 Å². The number of carbonyl (C=O) groups excluding carboxylic acids is 5. The highest BCUT2D eigenvalue weighted by Crippen LogP contribution is 2.27. The van der Waals surface area contributed by atoms with Crippen LogP contribution in [0.1, 0.15) is 419 Å². The Labute approximate surface area is 699 Å². The fraction of sp³-hybridized carbons (Fsp3) is 0.889. The molecule has 0 amide bonds. The summed E-state index contributed by atoms with van der Waals surface area (Å²) in [7, 11) is 0. The molecule has 0 heterocycles. The van der Waals surface area contributed by atoms with E-state index in [-0.39, 0.29) is 66.3 Å². The summed E-state index contributed by atoms with van der Waals surface area (Å²) in [6.07, 6.45) is 16.4. The Hall–Kier alpha value is -3.29. The van der Waals surface area contributed by atoms with E-state index in [4.69, 9.17) is 23.7 Å². The number of hydrogen-bond acceptors (Lipinski definition) is 13. The van der Waals surface area contributed by atoms with Crippen LogP contribution >= 0.6 is 0 Å². The molecule has 0 unspecified atom stereocenters. The Kier molecular flexibility index (Phi) is 66.5. The van der Waals surface area contributed by atoms with Gasteiger partial charge in [-0.1, -0.05) is 169 Å². The zero-order valence-electron chi connectivity index (χ0n) is 82.7. The quantitative estimate of drug-likeness (QED) is 0.0395. The Bertz CT molecular complexity index is 2450. The summed E-state index contributed by atoms with van der Waals surface area (Å²) in [6.45, 7) is 98.6. The summed E-state index contributed by atoms with van der Waals surface area (Å²) >= 11 is 0. The lowest BCUT2D eigenvalue weighted by molar-refractivity contribution is -0.122. The molecule has 0 aliphatic heterocycles. The molecule has 13 heteroatoms. The zero-order chi connectivity index (χ0) is 89.4. The van der Waals surface area contributed by atoms with Crippen molar-refractivity contribution in [2.45, 2.75) is 441 Å². The molecule has 0 aromatic carbocycles. The Morgan fingerprint density at radius 1 is 0.250 bits per heavy atom. The second kappa shape index (κ2) is 61.1. The van der Waals surface area contributed by atoms with E-state index in [1.807, 2.05) is 41.5 Å².